The molecule has 0 aliphatic rings. The van der Waals surface area contributed by atoms with E-state index >= 15 is 0 Å². The maximum Gasteiger partial charge on any atom is 0.278 e. The molecule has 0 radical (unpaired) electrons. The summed E-state index contributed by atoms with van der Waals surface area (Å²) in [6, 6.07) is 16.1. The quantitative estimate of drug-likeness (QED) is 0.722. The zero-order valence-electron chi connectivity index (χ0n) is 14.4. The average molecular weight is 350 g/mol. The minimum Gasteiger partial charge on any atom is -0.503 e. The van der Waals surface area contributed by atoms with Crippen LogP contribution in [0.25, 0.3) is 0 Å². The van der Waals surface area contributed by atoms with Crippen LogP contribution in [0.2, 0.25) is 0 Å². The smallest absolute Gasteiger partial charge is 0.278 e. The third kappa shape index (κ3) is 3.75. The van der Waals surface area contributed by atoms with Gasteiger partial charge in [-0.25, -0.2) is 4.98 Å². The molecule has 6 heteroatoms. The Morgan fingerprint density at radius 2 is 1.88 bits per heavy atom. The number of para-hydroxylation sites is 1. The first-order chi connectivity index (χ1) is 12.6. The van der Waals surface area contributed by atoms with E-state index in [1.165, 1.54) is 19.4 Å². The summed E-state index contributed by atoms with van der Waals surface area (Å²) in [5, 5.41) is 12.7. The summed E-state index contributed by atoms with van der Waals surface area (Å²) in [5.74, 6) is 0.652. The van der Waals surface area contributed by atoms with Crippen LogP contribution in [0, 0.1) is 6.92 Å². The lowest BCUT2D eigenvalue weighted by atomic mass is 10.2. The molecule has 1 aromatic heterocycles. The van der Waals surface area contributed by atoms with Gasteiger partial charge in [0.25, 0.3) is 5.91 Å². The number of nitrogens with zero attached hydrogens (tertiary/aromatic N) is 1. The van der Waals surface area contributed by atoms with Crippen LogP contribution in [0.1, 0.15) is 16.1 Å². The minimum absolute atomic E-state index is 0.116. The van der Waals surface area contributed by atoms with Crippen LogP contribution in [-0.4, -0.2) is 23.1 Å². The number of carbonyl (C=O) groups excluding carboxylic acids is 1. The number of methoxy groups -OCH3 is 1. The van der Waals surface area contributed by atoms with E-state index in [1.54, 1.807) is 24.3 Å². The number of hydrogen-bond donors (Lipinski definition) is 2. The molecule has 0 fully saturated rings. The molecule has 0 bridgehead atoms. The summed E-state index contributed by atoms with van der Waals surface area (Å²) in [5.41, 5.74) is 1.41. The number of carbonyl (C=O) groups is 1. The van der Waals surface area contributed by atoms with Crippen LogP contribution in [0.3, 0.4) is 0 Å². The van der Waals surface area contributed by atoms with Gasteiger partial charge < -0.3 is 19.9 Å². The molecule has 0 spiro atoms. The van der Waals surface area contributed by atoms with Gasteiger partial charge in [0.2, 0.25) is 0 Å². The lowest BCUT2D eigenvalue weighted by Gasteiger charge is -2.11. The van der Waals surface area contributed by atoms with Gasteiger partial charge in [0.05, 0.1) is 7.11 Å². The highest BCUT2D eigenvalue weighted by molar-refractivity contribution is 6.05. The number of hydrogen-bond acceptors (Lipinski definition) is 5. The number of aromatic nitrogens is 1. The van der Waals surface area contributed by atoms with Crippen LogP contribution in [0.15, 0.2) is 60.8 Å². The number of aryl methyl sites for hydroxylation is 1. The fourth-order valence-electron chi connectivity index (χ4n) is 2.39. The zero-order chi connectivity index (χ0) is 18.5. The van der Waals surface area contributed by atoms with Gasteiger partial charge in [-0.2, -0.15) is 0 Å². The molecule has 2 N–H and O–H groups in total. The number of ether oxygens (including phenoxy) is 2. The number of aromatic hydroxyl groups is 1. The predicted molar refractivity (Wildman–Crippen MR) is 98.1 cm³/mol. The minimum atomic E-state index is -0.547. The van der Waals surface area contributed by atoms with E-state index in [9.17, 15) is 9.90 Å². The average Bonchev–Trinajstić information content (AvgIpc) is 2.64. The van der Waals surface area contributed by atoms with E-state index in [1.807, 2.05) is 31.2 Å². The second-order valence-electron chi connectivity index (χ2n) is 5.56. The summed E-state index contributed by atoms with van der Waals surface area (Å²) in [6.45, 7) is 1.96. The molecule has 3 rings (SSSR count). The SMILES string of the molecule is COc1ccnc(C(=O)Nc2cccc(Oc3ccccc3C)c2)c1O. The van der Waals surface area contributed by atoms with Crippen molar-refractivity contribution in [3.05, 3.63) is 72.1 Å². The van der Waals surface area contributed by atoms with Gasteiger partial charge in [-0.3, -0.25) is 4.79 Å². The molecule has 6 nitrogen and oxygen atoms in total. The first-order valence-electron chi connectivity index (χ1n) is 7.95. The monoisotopic (exact) mass is 350 g/mol. The van der Waals surface area contributed by atoms with Crippen molar-refractivity contribution in [3.63, 3.8) is 0 Å². The number of pyridine rings is 1. The second-order valence-corrected chi connectivity index (χ2v) is 5.56. The third-order valence-corrected chi connectivity index (χ3v) is 3.74. The first-order valence-corrected chi connectivity index (χ1v) is 7.95. The van der Waals surface area contributed by atoms with E-state index < -0.39 is 5.91 Å². The molecule has 1 amide bonds. The Balaban J connectivity index is 1.79. The summed E-state index contributed by atoms with van der Waals surface area (Å²) in [6.07, 6.45) is 1.39. The summed E-state index contributed by atoms with van der Waals surface area (Å²) < 4.78 is 10.9. The number of rotatable bonds is 5. The molecule has 1 heterocycles. The van der Waals surface area contributed by atoms with E-state index in [-0.39, 0.29) is 17.2 Å². The molecule has 0 saturated carbocycles. The molecule has 132 valence electrons. The molecule has 3 aromatic rings. The summed E-state index contributed by atoms with van der Waals surface area (Å²) in [7, 11) is 1.41. The zero-order valence-corrected chi connectivity index (χ0v) is 14.4. The molecular formula is C20H18N2O4. The standard InChI is InChI=1S/C20H18N2O4/c1-13-6-3-4-9-16(13)26-15-8-5-7-14(12-15)22-20(24)18-19(23)17(25-2)10-11-21-18/h3-12,23H,1-2H3,(H,22,24). The second kappa shape index (κ2) is 7.57. The number of nitrogens with one attached hydrogen (secondary N) is 1. The van der Waals surface area contributed by atoms with Gasteiger partial charge >= 0.3 is 0 Å². The van der Waals surface area contributed by atoms with Crippen LogP contribution in [-0.2, 0) is 0 Å². The van der Waals surface area contributed by atoms with Gasteiger partial charge in [0.15, 0.2) is 17.2 Å². The van der Waals surface area contributed by atoms with Crippen molar-refractivity contribution in [3.8, 4) is 23.0 Å². The fraction of sp³-hybridized carbons (Fsp3) is 0.100. The van der Waals surface area contributed by atoms with E-state index in [2.05, 4.69) is 10.3 Å². The lowest BCUT2D eigenvalue weighted by molar-refractivity contribution is 0.101. The van der Waals surface area contributed by atoms with E-state index in [0.29, 0.717) is 11.4 Å². The fourth-order valence-corrected chi connectivity index (χ4v) is 2.39. The molecule has 26 heavy (non-hydrogen) atoms. The molecule has 0 atom stereocenters. The van der Waals surface area contributed by atoms with Crippen molar-refractivity contribution < 1.29 is 19.4 Å². The van der Waals surface area contributed by atoms with Crippen molar-refractivity contribution in [2.75, 3.05) is 12.4 Å². The Kier molecular flexibility index (Phi) is 5.03. The molecule has 2 aromatic carbocycles. The number of benzene rings is 2. The highest BCUT2D eigenvalue weighted by Crippen LogP contribution is 2.29. The van der Waals surface area contributed by atoms with Crippen LogP contribution >= 0.6 is 0 Å². The third-order valence-electron chi connectivity index (χ3n) is 3.74. The molecular weight excluding hydrogens is 332 g/mol. The Morgan fingerprint density at radius 3 is 2.65 bits per heavy atom. The van der Waals surface area contributed by atoms with Crippen molar-refractivity contribution in [2.24, 2.45) is 0 Å². The van der Waals surface area contributed by atoms with Crippen LogP contribution < -0.4 is 14.8 Å². The number of anilines is 1. The topological polar surface area (TPSA) is 80.7 Å². The van der Waals surface area contributed by atoms with Crippen molar-refractivity contribution in [1.29, 1.82) is 0 Å². The maximum atomic E-state index is 12.4. The summed E-state index contributed by atoms with van der Waals surface area (Å²) >= 11 is 0. The number of amides is 1. The van der Waals surface area contributed by atoms with Crippen molar-refractivity contribution in [1.82, 2.24) is 4.98 Å². The molecule has 0 unspecified atom stereocenters. The largest absolute Gasteiger partial charge is 0.503 e. The van der Waals surface area contributed by atoms with Crippen molar-refractivity contribution >= 4 is 11.6 Å². The molecule has 0 aliphatic carbocycles. The summed E-state index contributed by atoms with van der Waals surface area (Å²) in [4.78, 5) is 16.3. The van der Waals surface area contributed by atoms with Gasteiger partial charge in [-0.1, -0.05) is 24.3 Å². The van der Waals surface area contributed by atoms with Crippen LogP contribution in [0.4, 0.5) is 5.69 Å². The van der Waals surface area contributed by atoms with Gasteiger partial charge in [0.1, 0.15) is 11.5 Å². The first kappa shape index (κ1) is 17.3. The van der Waals surface area contributed by atoms with Gasteiger partial charge in [-0.15, -0.1) is 0 Å². The van der Waals surface area contributed by atoms with Gasteiger partial charge in [0, 0.05) is 24.0 Å². The Morgan fingerprint density at radius 1 is 1.08 bits per heavy atom. The van der Waals surface area contributed by atoms with Crippen LogP contribution in [0.5, 0.6) is 23.0 Å². The van der Waals surface area contributed by atoms with Gasteiger partial charge in [-0.05, 0) is 30.7 Å². The van der Waals surface area contributed by atoms with Crippen molar-refractivity contribution in [2.45, 2.75) is 6.92 Å². The predicted octanol–water partition coefficient (Wildman–Crippen LogP) is 4.15. The Hall–Kier alpha value is -3.54. The molecule has 0 aliphatic heterocycles. The van der Waals surface area contributed by atoms with E-state index in [4.69, 9.17) is 9.47 Å². The lowest BCUT2D eigenvalue weighted by Crippen LogP contribution is -2.14. The Labute approximate surface area is 151 Å². The molecule has 0 saturated heterocycles. The van der Waals surface area contributed by atoms with E-state index in [0.717, 1.165) is 11.3 Å². The highest BCUT2D eigenvalue weighted by Gasteiger charge is 2.17. The Bertz CT molecular complexity index is 941. The normalized spacial score (nSPS) is 10.2. The highest BCUT2D eigenvalue weighted by atomic mass is 16.5. The maximum absolute atomic E-state index is 12.4.